The van der Waals surface area contributed by atoms with E-state index in [1.54, 1.807) is 7.11 Å². The molecule has 0 fully saturated rings. The fourth-order valence-corrected chi connectivity index (χ4v) is 3.17. The van der Waals surface area contributed by atoms with Crippen LogP contribution in [0, 0.1) is 12.8 Å². The number of hydrogen-bond donors (Lipinski definition) is 1. The second-order valence-electron chi connectivity index (χ2n) is 5.61. The largest absolute Gasteiger partial charge is 0.496 e. The summed E-state index contributed by atoms with van der Waals surface area (Å²) in [7, 11) is 1.67. The molecule has 1 unspecified atom stereocenters. The minimum absolute atomic E-state index is 0.278. The van der Waals surface area contributed by atoms with E-state index < -0.39 is 6.10 Å². The molecule has 0 saturated carbocycles. The summed E-state index contributed by atoms with van der Waals surface area (Å²) in [5, 5.41) is 10.6. The number of aliphatic hydroxyl groups is 1. The van der Waals surface area contributed by atoms with Gasteiger partial charge in [-0.25, -0.2) is 0 Å². The van der Waals surface area contributed by atoms with Gasteiger partial charge in [0.1, 0.15) is 5.75 Å². The number of aryl methyl sites for hydroxylation is 1. The summed E-state index contributed by atoms with van der Waals surface area (Å²) in [6.07, 6.45) is 1.51. The third kappa shape index (κ3) is 2.32. The van der Waals surface area contributed by atoms with Crippen LogP contribution in [0.5, 0.6) is 5.75 Å². The monoisotopic (exact) mass is 268 g/mol. The lowest BCUT2D eigenvalue weighted by molar-refractivity contribution is 0.113. The van der Waals surface area contributed by atoms with Gasteiger partial charge in [0.05, 0.1) is 13.2 Å². The van der Waals surface area contributed by atoms with Gasteiger partial charge >= 0.3 is 0 Å². The van der Waals surface area contributed by atoms with Crippen LogP contribution < -0.4 is 4.74 Å². The Bertz CT molecular complexity index is 594. The van der Waals surface area contributed by atoms with E-state index in [-0.39, 0.29) is 5.92 Å². The van der Waals surface area contributed by atoms with E-state index in [2.05, 4.69) is 24.3 Å². The SMILES string of the molecule is COc1ccc(C(O)C2Cc3ccccc3C2)cc1C. The molecule has 0 saturated heterocycles. The van der Waals surface area contributed by atoms with E-state index >= 15 is 0 Å². The highest BCUT2D eigenvalue weighted by Crippen LogP contribution is 2.36. The van der Waals surface area contributed by atoms with Crippen LogP contribution in [0.25, 0.3) is 0 Å². The van der Waals surface area contributed by atoms with Crippen LogP contribution in [0.1, 0.15) is 28.4 Å². The number of rotatable bonds is 3. The highest BCUT2D eigenvalue weighted by atomic mass is 16.5. The predicted octanol–water partition coefficient (Wildman–Crippen LogP) is 3.45. The van der Waals surface area contributed by atoms with Crippen molar-refractivity contribution in [1.82, 2.24) is 0 Å². The lowest BCUT2D eigenvalue weighted by Crippen LogP contribution is -2.13. The van der Waals surface area contributed by atoms with E-state index in [0.29, 0.717) is 0 Å². The number of methoxy groups -OCH3 is 1. The van der Waals surface area contributed by atoms with Crippen molar-refractivity contribution in [3.63, 3.8) is 0 Å². The Morgan fingerprint density at radius 1 is 1.10 bits per heavy atom. The molecule has 2 aromatic carbocycles. The summed E-state index contributed by atoms with van der Waals surface area (Å²) >= 11 is 0. The molecule has 0 aliphatic heterocycles. The van der Waals surface area contributed by atoms with Crippen LogP contribution in [0.3, 0.4) is 0 Å². The van der Waals surface area contributed by atoms with Crippen LogP contribution >= 0.6 is 0 Å². The lowest BCUT2D eigenvalue weighted by atomic mass is 9.92. The summed E-state index contributed by atoms with van der Waals surface area (Å²) in [6, 6.07) is 14.4. The predicted molar refractivity (Wildman–Crippen MR) is 80.0 cm³/mol. The van der Waals surface area contributed by atoms with Gasteiger partial charge in [-0.3, -0.25) is 0 Å². The summed E-state index contributed by atoms with van der Waals surface area (Å²) in [5.74, 6) is 1.15. The van der Waals surface area contributed by atoms with Crippen LogP contribution in [-0.2, 0) is 12.8 Å². The standard InChI is InChI=1S/C18H20O2/c1-12-9-15(7-8-17(12)20-2)18(19)16-10-13-5-3-4-6-14(13)11-16/h3-9,16,18-19H,10-11H2,1-2H3. The van der Waals surface area contributed by atoms with Gasteiger partial charge in [0.2, 0.25) is 0 Å². The van der Waals surface area contributed by atoms with Crippen molar-refractivity contribution in [2.45, 2.75) is 25.9 Å². The molecule has 0 heterocycles. The van der Waals surface area contributed by atoms with Gasteiger partial charge in [-0.05, 0) is 60.1 Å². The van der Waals surface area contributed by atoms with Gasteiger partial charge in [0, 0.05) is 0 Å². The minimum Gasteiger partial charge on any atom is -0.496 e. The molecule has 2 nitrogen and oxygen atoms in total. The molecule has 0 aromatic heterocycles. The Morgan fingerprint density at radius 2 is 1.75 bits per heavy atom. The fourth-order valence-electron chi connectivity index (χ4n) is 3.17. The van der Waals surface area contributed by atoms with Crippen molar-refractivity contribution < 1.29 is 9.84 Å². The Balaban J connectivity index is 1.81. The number of hydrogen-bond acceptors (Lipinski definition) is 2. The summed E-state index contributed by atoms with van der Waals surface area (Å²) < 4.78 is 5.27. The van der Waals surface area contributed by atoms with Crippen molar-refractivity contribution >= 4 is 0 Å². The van der Waals surface area contributed by atoms with E-state index in [0.717, 1.165) is 29.7 Å². The second-order valence-corrected chi connectivity index (χ2v) is 5.61. The zero-order valence-electron chi connectivity index (χ0n) is 12.0. The first-order valence-corrected chi connectivity index (χ1v) is 7.08. The van der Waals surface area contributed by atoms with Crippen LogP contribution in [-0.4, -0.2) is 12.2 Å². The quantitative estimate of drug-likeness (QED) is 0.924. The molecule has 2 aromatic rings. The van der Waals surface area contributed by atoms with Crippen molar-refractivity contribution in [3.05, 3.63) is 64.7 Å². The average Bonchev–Trinajstić information content (AvgIpc) is 2.90. The van der Waals surface area contributed by atoms with Gasteiger partial charge in [-0.15, -0.1) is 0 Å². The Labute approximate surface area is 120 Å². The molecule has 20 heavy (non-hydrogen) atoms. The van der Waals surface area contributed by atoms with Crippen LogP contribution in [0.15, 0.2) is 42.5 Å². The molecule has 104 valence electrons. The molecule has 1 N–H and O–H groups in total. The zero-order valence-corrected chi connectivity index (χ0v) is 12.0. The zero-order chi connectivity index (χ0) is 14.1. The van der Waals surface area contributed by atoms with E-state index in [1.165, 1.54) is 11.1 Å². The van der Waals surface area contributed by atoms with Crippen molar-refractivity contribution in [3.8, 4) is 5.75 Å². The Hall–Kier alpha value is -1.80. The maximum absolute atomic E-state index is 10.6. The molecule has 0 radical (unpaired) electrons. The lowest BCUT2D eigenvalue weighted by Gasteiger charge is -2.19. The van der Waals surface area contributed by atoms with Crippen LogP contribution in [0.2, 0.25) is 0 Å². The first-order valence-electron chi connectivity index (χ1n) is 7.08. The van der Waals surface area contributed by atoms with Crippen LogP contribution in [0.4, 0.5) is 0 Å². The molecule has 3 rings (SSSR count). The number of benzene rings is 2. The van der Waals surface area contributed by atoms with Gasteiger partial charge < -0.3 is 9.84 Å². The number of fused-ring (bicyclic) bond motifs is 1. The van der Waals surface area contributed by atoms with E-state index in [9.17, 15) is 5.11 Å². The second kappa shape index (κ2) is 5.29. The third-order valence-electron chi connectivity index (χ3n) is 4.29. The minimum atomic E-state index is -0.410. The first-order chi connectivity index (χ1) is 9.69. The molecule has 1 atom stereocenters. The van der Waals surface area contributed by atoms with Crippen molar-refractivity contribution in [2.24, 2.45) is 5.92 Å². The van der Waals surface area contributed by atoms with E-state index in [1.807, 2.05) is 25.1 Å². The smallest absolute Gasteiger partial charge is 0.121 e. The molecular formula is C18H20O2. The molecule has 2 heteroatoms. The number of aliphatic hydroxyl groups excluding tert-OH is 1. The summed E-state index contributed by atoms with van der Waals surface area (Å²) in [6.45, 7) is 2.01. The molecule has 0 amide bonds. The molecule has 1 aliphatic rings. The number of ether oxygens (including phenoxy) is 1. The van der Waals surface area contributed by atoms with Gasteiger partial charge in [-0.1, -0.05) is 30.3 Å². The molecule has 1 aliphatic carbocycles. The average molecular weight is 268 g/mol. The molecular weight excluding hydrogens is 248 g/mol. The molecule has 0 spiro atoms. The maximum atomic E-state index is 10.6. The summed E-state index contributed by atoms with van der Waals surface area (Å²) in [5.41, 5.74) is 4.81. The Kier molecular flexibility index (Phi) is 3.49. The topological polar surface area (TPSA) is 29.5 Å². The fraction of sp³-hybridized carbons (Fsp3) is 0.333. The van der Waals surface area contributed by atoms with Gasteiger partial charge in [0.15, 0.2) is 0 Å². The first kappa shape index (κ1) is 13.2. The maximum Gasteiger partial charge on any atom is 0.121 e. The highest BCUT2D eigenvalue weighted by molar-refractivity contribution is 5.38. The van der Waals surface area contributed by atoms with Gasteiger partial charge in [-0.2, -0.15) is 0 Å². The van der Waals surface area contributed by atoms with Crippen molar-refractivity contribution in [1.29, 1.82) is 0 Å². The highest BCUT2D eigenvalue weighted by Gasteiger charge is 2.28. The van der Waals surface area contributed by atoms with Gasteiger partial charge in [0.25, 0.3) is 0 Å². The van der Waals surface area contributed by atoms with Crippen molar-refractivity contribution in [2.75, 3.05) is 7.11 Å². The normalized spacial score (nSPS) is 15.9. The Morgan fingerprint density at radius 3 is 2.30 bits per heavy atom. The summed E-state index contributed by atoms with van der Waals surface area (Å²) in [4.78, 5) is 0. The molecule has 0 bridgehead atoms. The third-order valence-corrected chi connectivity index (χ3v) is 4.29. The van der Waals surface area contributed by atoms with E-state index in [4.69, 9.17) is 4.74 Å².